The number of benzene rings is 3. The number of ether oxygens (including phenoxy) is 1. The monoisotopic (exact) mass is 557 g/mol. The number of fused-ring (bicyclic) bond motifs is 1. The number of amides is 2. The van der Waals surface area contributed by atoms with Crippen LogP contribution in [0.25, 0.3) is 0 Å². The molecule has 1 fully saturated rings. The number of halogens is 1. The number of nitrogens with zero attached hydrogens (tertiary/aromatic N) is 2. The summed E-state index contributed by atoms with van der Waals surface area (Å²) in [6, 6.07) is 21.4. The number of aryl methyl sites for hydroxylation is 1. The topological polar surface area (TPSA) is 71.5 Å². The Kier molecular flexibility index (Phi) is 7.11. The predicted molar refractivity (Wildman–Crippen MR) is 153 cm³/mol. The zero-order valence-electron chi connectivity index (χ0n) is 21.5. The fourth-order valence-electron chi connectivity index (χ4n) is 5.07. The smallest absolute Gasteiger partial charge is 0.275 e. The molecule has 198 valence electrons. The minimum Gasteiger partial charge on any atom is -0.486 e. The van der Waals surface area contributed by atoms with Crippen LogP contribution in [0.3, 0.4) is 0 Å². The zero-order chi connectivity index (χ0) is 26.9. The maximum absolute atomic E-state index is 13.3. The van der Waals surface area contributed by atoms with Crippen molar-refractivity contribution < 1.29 is 14.3 Å². The molecule has 0 radical (unpaired) electrons. The molecular weight excluding hydrogens is 530 g/mol. The van der Waals surface area contributed by atoms with E-state index in [9.17, 15) is 9.59 Å². The Bertz CT molecular complexity index is 1550. The highest BCUT2D eigenvalue weighted by atomic mass is 35.5. The van der Waals surface area contributed by atoms with E-state index >= 15 is 0 Å². The molecule has 2 heterocycles. The van der Waals surface area contributed by atoms with Crippen molar-refractivity contribution in [3.05, 3.63) is 110 Å². The number of hydrogen-bond acceptors (Lipinski definition) is 5. The first-order chi connectivity index (χ1) is 18.9. The van der Waals surface area contributed by atoms with Gasteiger partial charge in [-0.05, 0) is 73.2 Å². The van der Waals surface area contributed by atoms with Gasteiger partial charge in [-0.3, -0.25) is 9.59 Å². The van der Waals surface area contributed by atoms with E-state index < -0.39 is 0 Å². The van der Waals surface area contributed by atoms with E-state index in [1.165, 1.54) is 22.5 Å². The first kappa shape index (κ1) is 25.6. The summed E-state index contributed by atoms with van der Waals surface area (Å²) in [6.45, 7) is 3.05. The molecule has 1 aliphatic heterocycles. The Balaban J connectivity index is 1.20. The molecule has 2 amide bonds. The lowest BCUT2D eigenvalue weighted by molar-refractivity contribution is -0.134. The van der Waals surface area contributed by atoms with Gasteiger partial charge < -0.3 is 15.0 Å². The van der Waals surface area contributed by atoms with Crippen LogP contribution in [-0.4, -0.2) is 28.2 Å². The second-order valence-electron chi connectivity index (χ2n) is 10.1. The molecule has 8 heteroatoms. The Hall–Kier alpha value is -3.68. The van der Waals surface area contributed by atoms with Crippen molar-refractivity contribution in [2.75, 3.05) is 11.9 Å². The van der Waals surface area contributed by atoms with Crippen molar-refractivity contribution in [2.24, 2.45) is 5.92 Å². The van der Waals surface area contributed by atoms with E-state index in [1.807, 2.05) is 6.07 Å². The van der Waals surface area contributed by atoms with Crippen LogP contribution in [-0.2, 0) is 17.8 Å². The summed E-state index contributed by atoms with van der Waals surface area (Å²) in [6.07, 6.45) is 2.80. The van der Waals surface area contributed by atoms with Gasteiger partial charge in [0.2, 0.25) is 5.91 Å². The molecule has 3 aromatic carbocycles. The van der Waals surface area contributed by atoms with E-state index in [0.717, 1.165) is 36.9 Å². The maximum atomic E-state index is 13.3. The first-order valence-corrected chi connectivity index (χ1v) is 14.3. The first-order valence-electron chi connectivity index (χ1n) is 13.1. The summed E-state index contributed by atoms with van der Waals surface area (Å²) < 4.78 is 6.14. The number of aromatic nitrogens is 1. The molecule has 1 atom stereocenters. The molecule has 4 aromatic rings. The molecule has 0 saturated heterocycles. The van der Waals surface area contributed by atoms with Crippen molar-refractivity contribution in [1.29, 1.82) is 0 Å². The largest absolute Gasteiger partial charge is 0.486 e. The van der Waals surface area contributed by atoms with Crippen LogP contribution >= 0.6 is 22.9 Å². The number of nitrogens with one attached hydrogen (secondary N) is 1. The average Bonchev–Trinajstić information content (AvgIpc) is 3.67. The number of carbonyl (C=O) groups is 2. The Labute approximate surface area is 236 Å². The average molecular weight is 558 g/mol. The van der Waals surface area contributed by atoms with E-state index in [0.29, 0.717) is 27.2 Å². The van der Waals surface area contributed by atoms with Gasteiger partial charge in [-0.15, -0.1) is 11.3 Å². The molecule has 2 aliphatic rings. The maximum Gasteiger partial charge on any atom is 0.275 e. The third-order valence-corrected chi connectivity index (χ3v) is 8.20. The van der Waals surface area contributed by atoms with Crippen LogP contribution in [0.2, 0.25) is 5.02 Å². The van der Waals surface area contributed by atoms with Crippen LogP contribution in [0.5, 0.6) is 5.75 Å². The quantitative estimate of drug-likeness (QED) is 0.271. The molecule has 39 heavy (non-hydrogen) atoms. The zero-order valence-corrected chi connectivity index (χ0v) is 23.1. The van der Waals surface area contributed by atoms with E-state index in [4.69, 9.17) is 16.3 Å². The lowest BCUT2D eigenvalue weighted by Gasteiger charge is -2.38. The van der Waals surface area contributed by atoms with Crippen molar-refractivity contribution in [3.8, 4) is 5.75 Å². The number of hydrogen-bond donors (Lipinski definition) is 1. The van der Waals surface area contributed by atoms with Crippen molar-refractivity contribution in [1.82, 2.24) is 9.88 Å². The Morgan fingerprint density at radius 1 is 1.10 bits per heavy atom. The molecule has 1 saturated carbocycles. The molecule has 0 spiro atoms. The summed E-state index contributed by atoms with van der Waals surface area (Å²) in [5.41, 5.74) is 5.59. The predicted octanol–water partition coefficient (Wildman–Crippen LogP) is 6.82. The SMILES string of the molecule is Cc1cccc([C@@H]2c3cc(OCc4nc(C(=O)Nc5cccc(Cl)c5)cs4)ccc3CCN2C(=O)C2CC2)c1. The second kappa shape index (κ2) is 10.8. The molecule has 1 aliphatic carbocycles. The highest BCUT2D eigenvalue weighted by molar-refractivity contribution is 7.09. The normalized spacial score (nSPS) is 16.5. The molecule has 6 nitrogen and oxygen atoms in total. The van der Waals surface area contributed by atoms with Crippen molar-refractivity contribution >= 4 is 40.4 Å². The lowest BCUT2D eigenvalue weighted by atomic mass is 9.87. The standard InChI is InChI=1S/C31H28ClN3O3S/c1-19-4-2-5-22(14-19)29-26-16-25(11-10-20(26)12-13-35(29)31(37)21-8-9-21)38-17-28-34-27(18-39-28)30(36)33-24-7-3-6-23(32)15-24/h2-7,10-11,14-16,18,21,29H,8-9,12-13,17H2,1H3,(H,33,36)/t29-/m1/s1. The van der Waals surface area contributed by atoms with Crippen LogP contribution in [0.4, 0.5) is 5.69 Å². The van der Waals surface area contributed by atoms with Crippen LogP contribution in [0.1, 0.15) is 56.6 Å². The number of carbonyl (C=O) groups excluding carboxylic acids is 2. The van der Waals surface area contributed by atoms with Gasteiger partial charge in [0.1, 0.15) is 23.1 Å². The Morgan fingerprint density at radius 3 is 2.74 bits per heavy atom. The minimum atomic E-state index is -0.296. The van der Waals surface area contributed by atoms with Crippen LogP contribution in [0, 0.1) is 12.8 Å². The van der Waals surface area contributed by atoms with E-state index in [2.05, 4.69) is 58.5 Å². The summed E-state index contributed by atoms with van der Waals surface area (Å²) in [7, 11) is 0. The van der Waals surface area contributed by atoms with Crippen LogP contribution < -0.4 is 10.1 Å². The summed E-state index contributed by atoms with van der Waals surface area (Å²) in [5.74, 6) is 0.834. The summed E-state index contributed by atoms with van der Waals surface area (Å²) >= 11 is 7.39. The highest BCUT2D eigenvalue weighted by Crippen LogP contribution is 2.41. The third-order valence-electron chi connectivity index (χ3n) is 7.14. The molecule has 0 bridgehead atoms. The van der Waals surface area contributed by atoms with E-state index in [1.54, 1.807) is 29.6 Å². The molecule has 6 rings (SSSR count). The molecule has 1 aromatic heterocycles. The Morgan fingerprint density at radius 2 is 1.95 bits per heavy atom. The second-order valence-corrected chi connectivity index (χ2v) is 11.5. The van der Waals surface area contributed by atoms with Gasteiger partial charge in [-0.25, -0.2) is 4.98 Å². The van der Waals surface area contributed by atoms with Gasteiger partial charge in [0.05, 0.1) is 6.04 Å². The van der Waals surface area contributed by atoms with Gasteiger partial charge in [-0.2, -0.15) is 0 Å². The number of anilines is 1. The van der Waals surface area contributed by atoms with Gasteiger partial charge in [0.25, 0.3) is 5.91 Å². The lowest BCUT2D eigenvalue weighted by Crippen LogP contribution is -2.41. The fourth-order valence-corrected chi connectivity index (χ4v) is 5.95. The summed E-state index contributed by atoms with van der Waals surface area (Å²) in [4.78, 5) is 32.4. The number of thiazole rings is 1. The van der Waals surface area contributed by atoms with Crippen LogP contribution in [0.15, 0.2) is 72.1 Å². The summed E-state index contributed by atoms with van der Waals surface area (Å²) in [5, 5.41) is 5.79. The van der Waals surface area contributed by atoms with Crippen molar-refractivity contribution in [2.45, 2.75) is 38.8 Å². The third kappa shape index (κ3) is 5.70. The molecular formula is C31H28ClN3O3S. The highest BCUT2D eigenvalue weighted by Gasteiger charge is 2.39. The van der Waals surface area contributed by atoms with Gasteiger partial charge in [-0.1, -0.05) is 53.6 Å². The van der Waals surface area contributed by atoms with Gasteiger partial charge >= 0.3 is 0 Å². The van der Waals surface area contributed by atoms with E-state index in [-0.39, 0.29) is 30.4 Å². The fraction of sp³-hybridized carbons (Fsp3) is 0.258. The van der Waals surface area contributed by atoms with Gasteiger partial charge in [0, 0.05) is 28.6 Å². The van der Waals surface area contributed by atoms with Crippen molar-refractivity contribution in [3.63, 3.8) is 0 Å². The number of rotatable bonds is 7. The minimum absolute atomic E-state index is 0.132. The molecule has 0 unspecified atom stereocenters. The van der Waals surface area contributed by atoms with Gasteiger partial charge in [0.15, 0.2) is 0 Å². The molecule has 1 N–H and O–H groups in total.